The second-order valence-electron chi connectivity index (χ2n) is 3.79. The number of benzene rings is 1. The van der Waals surface area contributed by atoms with E-state index >= 15 is 0 Å². The van der Waals surface area contributed by atoms with E-state index < -0.39 is 0 Å². The first-order chi connectivity index (χ1) is 8.70. The fraction of sp³-hybridized carbons (Fsp3) is 0.167. The van der Waals surface area contributed by atoms with Gasteiger partial charge in [0.15, 0.2) is 0 Å². The Morgan fingerprint density at radius 1 is 1.39 bits per heavy atom. The van der Waals surface area contributed by atoms with Gasteiger partial charge >= 0.3 is 0 Å². The summed E-state index contributed by atoms with van der Waals surface area (Å²) in [4.78, 5) is 8.15. The lowest BCUT2D eigenvalue weighted by atomic mass is 10.0. The number of nitrogens with two attached hydrogens (primary N) is 1. The molecule has 0 saturated heterocycles. The van der Waals surface area contributed by atoms with E-state index in [9.17, 15) is 4.39 Å². The SMILES string of the molecule is NNC(Cc1ccc(F)cc1Cl)c1cnccn1. The van der Waals surface area contributed by atoms with Crippen LogP contribution in [0.5, 0.6) is 0 Å². The van der Waals surface area contributed by atoms with Crippen molar-refractivity contribution < 1.29 is 4.39 Å². The molecular formula is C12H12ClFN4. The van der Waals surface area contributed by atoms with Crippen molar-refractivity contribution in [1.29, 1.82) is 0 Å². The molecule has 0 aliphatic carbocycles. The van der Waals surface area contributed by atoms with Crippen LogP contribution in [-0.4, -0.2) is 9.97 Å². The molecule has 0 amide bonds. The average Bonchev–Trinajstić information content (AvgIpc) is 2.39. The number of halogens is 2. The lowest BCUT2D eigenvalue weighted by Gasteiger charge is -2.15. The van der Waals surface area contributed by atoms with Gasteiger partial charge in [-0.2, -0.15) is 0 Å². The first-order valence-electron chi connectivity index (χ1n) is 5.36. The van der Waals surface area contributed by atoms with Crippen LogP contribution in [0, 0.1) is 5.82 Å². The van der Waals surface area contributed by atoms with Crippen molar-refractivity contribution in [1.82, 2.24) is 15.4 Å². The smallest absolute Gasteiger partial charge is 0.124 e. The van der Waals surface area contributed by atoms with Crippen LogP contribution in [0.4, 0.5) is 4.39 Å². The number of nitrogens with one attached hydrogen (secondary N) is 1. The van der Waals surface area contributed by atoms with E-state index in [-0.39, 0.29) is 11.9 Å². The van der Waals surface area contributed by atoms with Gasteiger partial charge in [-0.05, 0) is 24.1 Å². The van der Waals surface area contributed by atoms with E-state index in [0.29, 0.717) is 17.1 Å². The summed E-state index contributed by atoms with van der Waals surface area (Å²) in [5.41, 5.74) is 4.16. The van der Waals surface area contributed by atoms with Gasteiger partial charge in [0.25, 0.3) is 0 Å². The molecule has 6 heteroatoms. The summed E-state index contributed by atoms with van der Waals surface area (Å²) >= 11 is 5.97. The van der Waals surface area contributed by atoms with Crippen molar-refractivity contribution in [2.24, 2.45) is 5.84 Å². The minimum Gasteiger partial charge on any atom is -0.271 e. The van der Waals surface area contributed by atoms with Crippen LogP contribution in [0.15, 0.2) is 36.8 Å². The molecule has 0 radical (unpaired) electrons. The Hall–Kier alpha value is -1.56. The Labute approximate surface area is 109 Å². The van der Waals surface area contributed by atoms with E-state index in [1.54, 1.807) is 24.7 Å². The summed E-state index contributed by atoms with van der Waals surface area (Å²) in [7, 11) is 0. The van der Waals surface area contributed by atoms with Gasteiger partial charge in [0.2, 0.25) is 0 Å². The summed E-state index contributed by atoms with van der Waals surface area (Å²) in [6.45, 7) is 0. The zero-order valence-corrected chi connectivity index (χ0v) is 10.2. The van der Waals surface area contributed by atoms with Gasteiger partial charge < -0.3 is 0 Å². The molecule has 1 unspecified atom stereocenters. The Bertz CT molecular complexity index is 521. The monoisotopic (exact) mass is 266 g/mol. The van der Waals surface area contributed by atoms with Crippen LogP contribution >= 0.6 is 11.6 Å². The summed E-state index contributed by atoms with van der Waals surface area (Å²) in [6.07, 6.45) is 5.31. The average molecular weight is 267 g/mol. The molecule has 0 saturated carbocycles. The van der Waals surface area contributed by atoms with Crippen LogP contribution in [0.3, 0.4) is 0 Å². The molecule has 0 aliphatic rings. The van der Waals surface area contributed by atoms with E-state index in [2.05, 4.69) is 15.4 Å². The standard InChI is InChI=1S/C12H12ClFN4/c13-10-6-9(14)2-1-8(10)5-11(18-15)12-7-16-3-4-17-12/h1-4,6-7,11,18H,5,15H2. The molecule has 0 bridgehead atoms. The van der Waals surface area contributed by atoms with E-state index in [4.69, 9.17) is 17.4 Å². The highest BCUT2D eigenvalue weighted by atomic mass is 35.5. The fourth-order valence-corrected chi connectivity index (χ4v) is 1.89. The molecule has 1 atom stereocenters. The largest absolute Gasteiger partial charge is 0.271 e. The molecule has 1 aromatic carbocycles. The minimum absolute atomic E-state index is 0.221. The number of rotatable bonds is 4. The number of nitrogens with zero attached hydrogens (tertiary/aromatic N) is 2. The third kappa shape index (κ3) is 3.01. The highest BCUT2D eigenvalue weighted by Gasteiger charge is 2.14. The van der Waals surface area contributed by atoms with Crippen molar-refractivity contribution in [3.63, 3.8) is 0 Å². The molecule has 3 N–H and O–H groups in total. The second-order valence-corrected chi connectivity index (χ2v) is 4.20. The van der Waals surface area contributed by atoms with Crippen molar-refractivity contribution >= 4 is 11.6 Å². The number of hydrogen-bond acceptors (Lipinski definition) is 4. The molecule has 1 heterocycles. The van der Waals surface area contributed by atoms with Crippen molar-refractivity contribution in [2.45, 2.75) is 12.5 Å². The maximum absolute atomic E-state index is 12.9. The number of hydrogen-bond donors (Lipinski definition) is 2. The molecular weight excluding hydrogens is 255 g/mol. The Morgan fingerprint density at radius 2 is 2.22 bits per heavy atom. The lowest BCUT2D eigenvalue weighted by molar-refractivity contribution is 0.535. The van der Waals surface area contributed by atoms with Crippen LogP contribution in [-0.2, 0) is 6.42 Å². The molecule has 94 valence electrons. The van der Waals surface area contributed by atoms with Crippen molar-refractivity contribution in [2.75, 3.05) is 0 Å². The van der Waals surface area contributed by atoms with Crippen molar-refractivity contribution in [3.8, 4) is 0 Å². The van der Waals surface area contributed by atoms with E-state index in [0.717, 1.165) is 5.56 Å². The zero-order chi connectivity index (χ0) is 13.0. The molecule has 0 fully saturated rings. The predicted octanol–water partition coefficient (Wildman–Crippen LogP) is 2.02. The van der Waals surface area contributed by atoms with E-state index in [1.165, 1.54) is 12.1 Å². The van der Waals surface area contributed by atoms with Gasteiger partial charge in [-0.1, -0.05) is 17.7 Å². The number of hydrazine groups is 1. The maximum Gasteiger partial charge on any atom is 0.124 e. The maximum atomic E-state index is 12.9. The Balaban J connectivity index is 2.21. The summed E-state index contributed by atoms with van der Waals surface area (Å²) < 4.78 is 12.9. The fourth-order valence-electron chi connectivity index (χ4n) is 1.65. The molecule has 2 rings (SSSR count). The lowest BCUT2D eigenvalue weighted by Crippen LogP contribution is -2.30. The van der Waals surface area contributed by atoms with Gasteiger partial charge in [-0.3, -0.25) is 21.2 Å². The Morgan fingerprint density at radius 3 is 2.83 bits per heavy atom. The predicted molar refractivity (Wildman–Crippen MR) is 67.2 cm³/mol. The highest BCUT2D eigenvalue weighted by Crippen LogP contribution is 2.22. The zero-order valence-electron chi connectivity index (χ0n) is 9.48. The van der Waals surface area contributed by atoms with Gasteiger partial charge in [-0.25, -0.2) is 4.39 Å². The van der Waals surface area contributed by atoms with Crippen LogP contribution in [0.2, 0.25) is 5.02 Å². The van der Waals surface area contributed by atoms with Gasteiger partial charge in [0.05, 0.1) is 17.9 Å². The third-order valence-corrected chi connectivity index (χ3v) is 2.93. The molecule has 18 heavy (non-hydrogen) atoms. The van der Waals surface area contributed by atoms with Gasteiger partial charge in [-0.15, -0.1) is 0 Å². The van der Waals surface area contributed by atoms with Crippen LogP contribution in [0.25, 0.3) is 0 Å². The topological polar surface area (TPSA) is 63.8 Å². The molecule has 0 aliphatic heterocycles. The normalized spacial score (nSPS) is 12.4. The molecule has 4 nitrogen and oxygen atoms in total. The minimum atomic E-state index is -0.361. The first-order valence-corrected chi connectivity index (χ1v) is 5.74. The third-order valence-electron chi connectivity index (χ3n) is 2.58. The van der Waals surface area contributed by atoms with Crippen LogP contribution in [0.1, 0.15) is 17.3 Å². The summed E-state index contributed by atoms with van der Waals surface area (Å²) in [6, 6.07) is 4.06. The Kier molecular flexibility index (Phi) is 4.19. The van der Waals surface area contributed by atoms with Gasteiger partial charge in [0, 0.05) is 17.4 Å². The molecule has 2 aromatic rings. The highest BCUT2D eigenvalue weighted by molar-refractivity contribution is 6.31. The molecule has 1 aromatic heterocycles. The van der Waals surface area contributed by atoms with Gasteiger partial charge in [0.1, 0.15) is 5.82 Å². The second kappa shape index (κ2) is 5.86. The quantitative estimate of drug-likeness (QED) is 0.656. The summed E-state index contributed by atoms with van der Waals surface area (Å²) in [5, 5.41) is 0.374. The van der Waals surface area contributed by atoms with E-state index in [1.807, 2.05) is 0 Å². The number of aromatic nitrogens is 2. The molecule has 0 spiro atoms. The van der Waals surface area contributed by atoms with Crippen LogP contribution < -0.4 is 11.3 Å². The first kappa shape index (κ1) is 12.9. The van der Waals surface area contributed by atoms with Crippen molar-refractivity contribution in [3.05, 3.63) is 58.9 Å². The summed E-state index contributed by atoms with van der Waals surface area (Å²) in [5.74, 6) is 5.14.